The molecule has 0 unspecified atom stereocenters. The van der Waals surface area contributed by atoms with E-state index in [-0.39, 0.29) is 5.91 Å². The van der Waals surface area contributed by atoms with Crippen LogP contribution in [0.3, 0.4) is 0 Å². The topological polar surface area (TPSA) is 84.9 Å². The molecule has 1 fully saturated rings. The molecule has 1 saturated carbocycles. The van der Waals surface area contributed by atoms with Crippen LogP contribution in [0.2, 0.25) is 0 Å². The molecule has 1 aromatic rings. The van der Waals surface area contributed by atoms with E-state index < -0.39 is 18.2 Å². The van der Waals surface area contributed by atoms with E-state index in [4.69, 9.17) is 14.6 Å². The van der Waals surface area contributed by atoms with E-state index in [0.29, 0.717) is 17.4 Å². The van der Waals surface area contributed by atoms with Crippen molar-refractivity contribution in [1.29, 1.82) is 0 Å². The smallest absolute Gasteiger partial charge is 0.341 e. The van der Waals surface area contributed by atoms with Gasteiger partial charge in [-0.25, -0.2) is 4.79 Å². The van der Waals surface area contributed by atoms with Gasteiger partial charge in [0.05, 0.1) is 0 Å². The van der Waals surface area contributed by atoms with Crippen LogP contribution in [0.25, 0.3) is 0 Å². The first kappa shape index (κ1) is 17.3. The van der Waals surface area contributed by atoms with Gasteiger partial charge in [0.15, 0.2) is 6.61 Å². The highest BCUT2D eigenvalue weighted by Crippen LogP contribution is 2.35. The minimum absolute atomic E-state index is 0.134. The number of carboxylic acids is 1. The number of aliphatic carboxylic acids is 1. The third-order valence-corrected chi connectivity index (χ3v) is 4.23. The molecule has 0 bridgehead atoms. The first-order valence-corrected chi connectivity index (χ1v) is 7.76. The Hall–Kier alpha value is -2.08. The summed E-state index contributed by atoms with van der Waals surface area (Å²) in [4.78, 5) is 23.1. The van der Waals surface area contributed by atoms with Gasteiger partial charge in [0.25, 0.3) is 5.91 Å². The van der Waals surface area contributed by atoms with Crippen LogP contribution in [0.1, 0.15) is 32.6 Å². The Balaban J connectivity index is 2.00. The summed E-state index contributed by atoms with van der Waals surface area (Å²) in [6.45, 7) is 1.74. The number of benzene rings is 1. The molecular weight excluding hydrogens is 298 g/mol. The van der Waals surface area contributed by atoms with E-state index in [0.717, 1.165) is 25.7 Å². The van der Waals surface area contributed by atoms with Crippen LogP contribution in [-0.4, -0.2) is 36.3 Å². The fourth-order valence-corrected chi connectivity index (χ4v) is 3.01. The first-order chi connectivity index (χ1) is 10.9. The SMILES string of the molecule is CO[C@@]1(C(=O)Nc2ccc(OCC(=O)O)cc2)CCC[C@@H](C)C1. The average Bonchev–Trinajstić information content (AvgIpc) is 2.54. The number of carboxylic acid groups (broad SMARTS) is 1. The Morgan fingerprint density at radius 3 is 2.61 bits per heavy atom. The van der Waals surface area contributed by atoms with Crippen molar-refractivity contribution in [3.8, 4) is 5.75 Å². The molecule has 2 rings (SSSR count). The van der Waals surface area contributed by atoms with Gasteiger partial charge in [0, 0.05) is 12.8 Å². The zero-order valence-corrected chi connectivity index (χ0v) is 13.5. The number of carbonyl (C=O) groups is 2. The Morgan fingerprint density at radius 2 is 2.04 bits per heavy atom. The lowest BCUT2D eigenvalue weighted by atomic mass is 9.78. The van der Waals surface area contributed by atoms with E-state index in [2.05, 4.69) is 12.2 Å². The van der Waals surface area contributed by atoms with Gasteiger partial charge in [0.2, 0.25) is 0 Å². The molecule has 0 heterocycles. The van der Waals surface area contributed by atoms with E-state index in [9.17, 15) is 9.59 Å². The number of ether oxygens (including phenoxy) is 2. The number of carbonyl (C=O) groups excluding carboxylic acids is 1. The van der Waals surface area contributed by atoms with Crippen LogP contribution in [0.4, 0.5) is 5.69 Å². The van der Waals surface area contributed by atoms with Gasteiger partial charge < -0.3 is 19.9 Å². The number of hydrogen-bond acceptors (Lipinski definition) is 4. The van der Waals surface area contributed by atoms with E-state index in [1.54, 1.807) is 31.4 Å². The van der Waals surface area contributed by atoms with Crippen molar-refractivity contribution < 1.29 is 24.2 Å². The monoisotopic (exact) mass is 321 g/mol. The van der Waals surface area contributed by atoms with Crippen molar-refractivity contribution in [3.63, 3.8) is 0 Å². The van der Waals surface area contributed by atoms with Gasteiger partial charge in [0.1, 0.15) is 11.4 Å². The van der Waals surface area contributed by atoms with Crippen LogP contribution in [0.5, 0.6) is 5.75 Å². The summed E-state index contributed by atoms with van der Waals surface area (Å²) < 4.78 is 10.6. The van der Waals surface area contributed by atoms with Crippen molar-refractivity contribution >= 4 is 17.6 Å². The molecule has 0 aromatic heterocycles. The van der Waals surface area contributed by atoms with Crippen molar-refractivity contribution in [2.45, 2.75) is 38.2 Å². The second-order valence-corrected chi connectivity index (χ2v) is 6.06. The van der Waals surface area contributed by atoms with Gasteiger partial charge in [-0.3, -0.25) is 4.79 Å². The third kappa shape index (κ3) is 4.45. The standard InChI is InChI=1S/C17H23NO5/c1-12-4-3-9-17(10-12,22-2)16(21)18-13-5-7-14(8-6-13)23-11-15(19)20/h5-8,12H,3-4,9-11H2,1-2H3,(H,18,21)(H,19,20)/t12-,17+/m1/s1. The van der Waals surface area contributed by atoms with Crippen molar-refractivity contribution in [1.82, 2.24) is 0 Å². The Kier molecular flexibility index (Phi) is 5.60. The summed E-state index contributed by atoms with van der Waals surface area (Å²) in [5.41, 5.74) is -0.136. The van der Waals surface area contributed by atoms with Gasteiger partial charge >= 0.3 is 5.97 Å². The maximum absolute atomic E-state index is 12.6. The Labute approximate surface area is 135 Å². The maximum Gasteiger partial charge on any atom is 0.341 e. The van der Waals surface area contributed by atoms with E-state index in [1.165, 1.54) is 0 Å². The number of nitrogens with one attached hydrogen (secondary N) is 1. The van der Waals surface area contributed by atoms with Gasteiger partial charge in [-0.05, 0) is 49.4 Å². The molecule has 0 spiro atoms. The molecule has 1 amide bonds. The third-order valence-electron chi connectivity index (χ3n) is 4.23. The molecule has 126 valence electrons. The molecule has 6 heteroatoms. The summed E-state index contributed by atoms with van der Waals surface area (Å²) >= 11 is 0. The quantitative estimate of drug-likeness (QED) is 0.841. The number of hydrogen-bond donors (Lipinski definition) is 2. The molecular formula is C17H23NO5. The fraction of sp³-hybridized carbons (Fsp3) is 0.529. The van der Waals surface area contributed by atoms with Crippen molar-refractivity contribution in [2.24, 2.45) is 5.92 Å². The van der Waals surface area contributed by atoms with E-state index >= 15 is 0 Å². The average molecular weight is 321 g/mol. The summed E-state index contributed by atoms with van der Waals surface area (Å²) in [7, 11) is 1.58. The van der Waals surface area contributed by atoms with Crippen LogP contribution in [0.15, 0.2) is 24.3 Å². The Morgan fingerprint density at radius 1 is 1.35 bits per heavy atom. The molecule has 0 saturated heterocycles. The lowest BCUT2D eigenvalue weighted by molar-refractivity contribution is -0.143. The van der Waals surface area contributed by atoms with Crippen LogP contribution in [0, 0.1) is 5.92 Å². The zero-order chi connectivity index (χ0) is 16.9. The summed E-state index contributed by atoms with van der Waals surface area (Å²) in [6.07, 6.45) is 3.53. The fourth-order valence-electron chi connectivity index (χ4n) is 3.01. The van der Waals surface area contributed by atoms with Gasteiger partial charge in [-0.1, -0.05) is 13.3 Å². The molecule has 1 aliphatic carbocycles. The molecule has 1 aromatic carbocycles. The van der Waals surface area contributed by atoms with Crippen LogP contribution in [-0.2, 0) is 14.3 Å². The van der Waals surface area contributed by atoms with Crippen LogP contribution >= 0.6 is 0 Å². The summed E-state index contributed by atoms with van der Waals surface area (Å²) in [6, 6.07) is 6.62. The molecule has 2 N–H and O–H groups in total. The Bertz CT molecular complexity index is 557. The summed E-state index contributed by atoms with van der Waals surface area (Å²) in [5.74, 6) is -0.263. The lowest BCUT2D eigenvalue weighted by Crippen LogP contribution is -2.47. The van der Waals surface area contributed by atoms with Crippen molar-refractivity contribution in [3.05, 3.63) is 24.3 Å². The second kappa shape index (κ2) is 7.46. The summed E-state index contributed by atoms with van der Waals surface area (Å²) in [5, 5.41) is 11.5. The molecule has 0 aliphatic heterocycles. The maximum atomic E-state index is 12.6. The van der Waals surface area contributed by atoms with Gasteiger partial charge in [-0.15, -0.1) is 0 Å². The number of methoxy groups -OCH3 is 1. The first-order valence-electron chi connectivity index (χ1n) is 7.76. The second-order valence-electron chi connectivity index (χ2n) is 6.06. The molecule has 1 aliphatic rings. The minimum Gasteiger partial charge on any atom is -0.482 e. The highest BCUT2D eigenvalue weighted by molar-refractivity contribution is 5.97. The molecule has 6 nitrogen and oxygen atoms in total. The number of anilines is 1. The van der Waals surface area contributed by atoms with Crippen molar-refractivity contribution in [2.75, 3.05) is 19.0 Å². The highest BCUT2D eigenvalue weighted by Gasteiger charge is 2.41. The normalized spacial score (nSPS) is 24.0. The predicted octanol–water partition coefficient (Wildman–Crippen LogP) is 2.68. The molecule has 23 heavy (non-hydrogen) atoms. The molecule has 2 atom stereocenters. The van der Waals surface area contributed by atoms with E-state index in [1.807, 2.05) is 0 Å². The molecule has 0 radical (unpaired) electrons. The number of rotatable bonds is 6. The van der Waals surface area contributed by atoms with Crippen LogP contribution < -0.4 is 10.1 Å². The minimum atomic E-state index is -1.03. The zero-order valence-electron chi connectivity index (χ0n) is 13.5. The lowest BCUT2D eigenvalue weighted by Gasteiger charge is -2.37. The number of amides is 1. The highest BCUT2D eigenvalue weighted by atomic mass is 16.5. The predicted molar refractivity (Wildman–Crippen MR) is 85.6 cm³/mol. The van der Waals surface area contributed by atoms with Gasteiger partial charge in [-0.2, -0.15) is 0 Å². The largest absolute Gasteiger partial charge is 0.482 e.